The van der Waals surface area contributed by atoms with Crippen LogP contribution in [0.1, 0.15) is 10.4 Å². The van der Waals surface area contributed by atoms with Gasteiger partial charge in [-0.15, -0.1) is 0 Å². The van der Waals surface area contributed by atoms with Crippen molar-refractivity contribution in [2.24, 2.45) is 0 Å². The molecule has 1 N–H and O–H groups in total. The second kappa shape index (κ2) is 6.12. The predicted octanol–water partition coefficient (Wildman–Crippen LogP) is 3.50. The first-order chi connectivity index (χ1) is 11.8. The molecule has 0 atom stereocenters. The van der Waals surface area contributed by atoms with Gasteiger partial charge < -0.3 is 19.4 Å². The summed E-state index contributed by atoms with van der Waals surface area (Å²) in [5, 5.41) is 2.88. The second-order valence-corrected chi connectivity index (χ2v) is 5.45. The summed E-state index contributed by atoms with van der Waals surface area (Å²) in [6.45, 7) is 1.07. The highest BCUT2D eigenvalue weighted by molar-refractivity contribution is 6.04. The van der Waals surface area contributed by atoms with Gasteiger partial charge in [-0.2, -0.15) is 0 Å². The fourth-order valence-electron chi connectivity index (χ4n) is 2.62. The monoisotopic (exact) mass is 320 g/mol. The Morgan fingerprint density at radius 1 is 0.917 bits per heavy atom. The third-order valence-electron chi connectivity index (χ3n) is 3.83. The van der Waals surface area contributed by atoms with E-state index in [1.54, 1.807) is 18.2 Å². The Hall–Kier alpha value is -3.21. The van der Waals surface area contributed by atoms with Gasteiger partial charge in [0.05, 0.1) is 0 Å². The Kier molecular flexibility index (Phi) is 3.67. The zero-order valence-electron chi connectivity index (χ0n) is 12.9. The Morgan fingerprint density at radius 2 is 1.62 bits per heavy atom. The molecule has 2 aromatic carbocycles. The van der Waals surface area contributed by atoms with Gasteiger partial charge in [-0.1, -0.05) is 0 Å². The Labute approximate surface area is 139 Å². The maximum Gasteiger partial charge on any atom is 0.255 e. The van der Waals surface area contributed by atoms with Crippen molar-refractivity contribution in [1.29, 1.82) is 0 Å². The lowest BCUT2D eigenvalue weighted by molar-refractivity contribution is 0.102. The van der Waals surface area contributed by atoms with Gasteiger partial charge in [0.15, 0.2) is 11.5 Å². The van der Waals surface area contributed by atoms with Crippen LogP contribution in [-0.4, -0.2) is 23.7 Å². The molecule has 0 spiro atoms. The minimum absolute atomic E-state index is 0.161. The van der Waals surface area contributed by atoms with Crippen LogP contribution in [-0.2, 0) is 0 Å². The van der Waals surface area contributed by atoms with Gasteiger partial charge in [-0.3, -0.25) is 4.79 Å². The van der Waals surface area contributed by atoms with Crippen LogP contribution in [0.2, 0.25) is 0 Å². The topological polar surface area (TPSA) is 52.5 Å². The lowest BCUT2D eigenvalue weighted by Gasteiger charge is -2.19. The van der Waals surface area contributed by atoms with Gasteiger partial charge in [0.25, 0.3) is 5.91 Å². The predicted molar refractivity (Wildman–Crippen MR) is 91.2 cm³/mol. The van der Waals surface area contributed by atoms with Crippen LogP contribution in [0.4, 0.5) is 5.69 Å². The summed E-state index contributed by atoms with van der Waals surface area (Å²) in [6.07, 6.45) is 3.93. The first kappa shape index (κ1) is 14.4. The summed E-state index contributed by atoms with van der Waals surface area (Å²) in [5.41, 5.74) is 2.29. The number of nitrogens with zero attached hydrogens (tertiary/aromatic N) is 1. The molecule has 1 aliphatic rings. The number of carbonyl (C=O) groups excluding carboxylic acids is 1. The van der Waals surface area contributed by atoms with E-state index in [9.17, 15) is 4.79 Å². The van der Waals surface area contributed by atoms with Crippen LogP contribution in [0.25, 0.3) is 5.69 Å². The summed E-state index contributed by atoms with van der Waals surface area (Å²) >= 11 is 0. The van der Waals surface area contributed by atoms with Crippen LogP contribution in [0.5, 0.6) is 11.5 Å². The molecule has 1 aliphatic heterocycles. The Bertz CT molecular complexity index is 855. The van der Waals surface area contributed by atoms with Crippen LogP contribution in [0.3, 0.4) is 0 Å². The molecule has 0 aliphatic carbocycles. The van der Waals surface area contributed by atoms with Crippen molar-refractivity contribution in [2.75, 3.05) is 18.5 Å². The van der Waals surface area contributed by atoms with E-state index < -0.39 is 0 Å². The Balaban J connectivity index is 1.50. The molecular weight excluding hydrogens is 304 g/mol. The number of amides is 1. The quantitative estimate of drug-likeness (QED) is 0.803. The van der Waals surface area contributed by atoms with Crippen molar-refractivity contribution < 1.29 is 14.3 Å². The van der Waals surface area contributed by atoms with Gasteiger partial charge in [0.1, 0.15) is 13.2 Å². The van der Waals surface area contributed by atoms with Crippen LogP contribution < -0.4 is 14.8 Å². The lowest BCUT2D eigenvalue weighted by Crippen LogP contribution is -2.16. The van der Waals surface area contributed by atoms with Crippen molar-refractivity contribution in [3.05, 3.63) is 72.6 Å². The van der Waals surface area contributed by atoms with Crippen molar-refractivity contribution in [2.45, 2.75) is 0 Å². The molecule has 3 aromatic rings. The van der Waals surface area contributed by atoms with Gasteiger partial charge in [-0.25, -0.2) is 0 Å². The highest BCUT2D eigenvalue weighted by Gasteiger charge is 2.13. The number of aromatic nitrogens is 1. The van der Waals surface area contributed by atoms with Gasteiger partial charge >= 0.3 is 0 Å². The molecule has 1 amide bonds. The molecule has 0 unspecified atom stereocenters. The number of nitrogens with one attached hydrogen (secondary N) is 1. The standard InChI is InChI=1S/C19H16N2O3/c22-19(14-3-6-16(7-4-14)21-9-1-2-10-21)20-15-5-8-17-18(13-15)24-12-11-23-17/h1-10,13H,11-12H2,(H,20,22). The van der Waals surface area contributed by atoms with Crippen molar-refractivity contribution in [3.63, 3.8) is 0 Å². The van der Waals surface area contributed by atoms with Crippen molar-refractivity contribution >= 4 is 11.6 Å². The molecule has 0 fully saturated rings. The largest absolute Gasteiger partial charge is 0.486 e. The minimum Gasteiger partial charge on any atom is -0.486 e. The van der Waals surface area contributed by atoms with E-state index in [2.05, 4.69) is 5.32 Å². The van der Waals surface area contributed by atoms with Gasteiger partial charge in [0.2, 0.25) is 0 Å². The van der Waals surface area contributed by atoms with Gasteiger partial charge in [-0.05, 0) is 48.5 Å². The van der Waals surface area contributed by atoms with E-state index >= 15 is 0 Å². The zero-order chi connectivity index (χ0) is 16.4. The fraction of sp³-hybridized carbons (Fsp3) is 0.105. The van der Waals surface area contributed by atoms with E-state index in [0.29, 0.717) is 36.0 Å². The normalized spacial score (nSPS) is 12.7. The minimum atomic E-state index is -0.161. The van der Waals surface area contributed by atoms with E-state index in [1.807, 2.05) is 53.4 Å². The molecule has 5 heteroatoms. The molecule has 5 nitrogen and oxygen atoms in total. The lowest BCUT2D eigenvalue weighted by atomic mass is 10.2. The van der Waals surface area contributed by atoms with E-state index in [1.165, 1.54) is 0 Å². The first-order valence-electron chi connectivity index (χ1n) is 7.74. The summed E-state index contributed by atoms with van der Waals surface area (Å²) in [4.78, 5) is 12.4. The molecule has 0 saturated carbocycles. The second-order valence-electron chi connectivity index (χ2n) is 5.45. The smallest absolute Gasteiger partial charge is 0.255 e. The van der Waals surface area contributed by atoms with E-state index in [0.717, 1.165) is 5.69 Å². The molecule has 0 bridgehead atoms. The maximum atomic E-state index is 12.4. The summed E-state index contributed by atoms with van der Waals surface area (Å²) in [7, 11) is 0. The SMILES string of the molecule is O=C(Nc1ccc2c(c1)OCCO2)c1ccc(-n2cccc2)cc1. The molecule has 2 heterocycles. The Morgan fingerprint density at radius 3 is 2.38 bits per heavy atom. The van der Waals surface area contributed by atoms with Gasteiger partial charge in [0, 0.05) is 35.4 Å². The molecule has 120 valence electrons. The first-order valence-corrected chi connectivity index (χ1v) is 7.74. The molecule has 4 rings (SSSR count). The number of ether oxygens (including phenoxy) is 2. The molecule has 1 aromatic heterocycles. The maximum absolute atomic E-state index is 12.4. The number of fused-ring (bicyclic) bond motifs is 1. The highest BCUT2D eigenvalue weighted by Crippen LogP contribution is 2.32. The fourth-order valence-corrected chi connectivity index (χ4v) is 2.62. The zero-order valence-corrected chi connectivity index (χ0v) is 12.9. The summed E-state index contributed by atoms with van der Waals surface area (Å²) in [5.74, 6) is 1.20. The van der Waals surface area contributed by atoms with Crippen molar-refractivity contribution in [3.8, 4) is 17.2 Å². The number of hydrogen-bond donors (Lipinski definition) is 1. The van der Waals surface area contributed by atoms with E-state index in [-0.39, 0.29) is 5.91 Å². The van der Waals surface area contributed by atoms with E-state index in [4.69, 9.17) is 9.47 Å². The average Bonchev–Trinajstić information content (AvgIpc) is 3.16. The van der Waals surface area contributed by atoms with Crippen LogP contribution >= 0.6 is 0 Å². The number of rotatable bonds is 3. The average molecular weight is 320 g/mol. The number of hydrogen-bond acceptors (Lipinski definition) is 3. The highest BCUT2D eigenvalue weighted by atomic mass is 16.6. The molecule has 0 radical (unpaired) electrons. The van der Waals surface area contributed by atoms with Crippen LogP contribution in [0.15, 0.2) is 67.0 Å². The molecule has 0 saturated heterocycles. The molecule has 24 heavy (non-hydrogen) atoms. The third-order valence-corrected chi connectivity index (χ3v) is 3.83. The third kappa shape index (κ3) is 2.84. The number of carbonyl (C=O) groups is 1. The number of benzene rings is 2. The van der Waals surface area contributed by atoms with Crippen LogP contribution in [0, 0.1) is 0 Å². The molecular formula is C19H16N2O3. The summed E-state index contributed by atoms with van der Waals surface area (Å²) < 4.78 is 13.0. The number of anilines is 1. The summed E-state index contributed by atoms with van der Waals surface area (Å²) in [6, 6.07) is 16.8. The van der Waals surface area contributed by atoms with Crippen molar-refractivity contribution in [1.82, 2.24) is 4.57 Å².